The number of hydrogen-bond donors (Lipinski definition) is 3. The van der Waals surface area contributed by atoms with Crippen LogP contribution in [-0.2, 0) is 0 Å². The zero-order chi connectivity index (χ0) is 10.9. The van der Waals surface area contributed by atoms with Crippen LogP contribution < -0.4 is 0 Å². The van der Waals surface area contributed by atoms with E-state index in [1.165, 1.54) is 18.2 Å². The molecule has 0 radical (unpaired) electrons. The smallest absolute Gasteiger partial charge is 0.164 e. The van der Waals surface area contributed by atoms with Gasteiger partial charge in [0.15, 0.2) is 13.6 Å². The Morgan fingerprint density at radius 1 is 1.07 bits per heavy atom. The van der Waals surface area contributed by atoms with Crippen LogP contribution in [0.15, 0.2) is 18.2 Å². The predicted octanol–water partition coefficient (Wildman–Crippen LogP) is 2.97. The van der Waals surface area contributed by atoms with E-state index in [2.05, 4.69) is 47.8 Å². The van der Waals surface area contributed by atoms with Gasteiger partial charge in [-0.05, 0) is 17.7 Å². The Bertz CT molecular complexity index is 335. The lowest BCUT2D eigenvalue weighted by atomic mass is 10.1. The number of benzene rings is 1. The highest BCUT2D eigenvalue weighted by molar-refractivity contribution is 9.39. The van der Waals surface area contributed by atoms with E-state index < -0.39 is 8.25 Å². The van der Waals surface area contributed by atoms with Crippen LogP contribution in [0.1, 0.15) is 11.7 Å². The Morgan fingerprint density at radius 2 is 1.64 bits per heavy atom. The molecular formula is C8H7Br3O3. The van der Waals surface area contributed by atoms with Crippen molar-refractivity contribution < 1.29 is 15.3 Å². The van der Waals surface area contributed by atoms with E-state index in [1.54, 1.807) is 0 Å². The molecule has 3 nitrogen and oxygen atoms in total. The van der Waals surface area contributed by atoms with Gasteiger partial charge in [-0.1, -0.05) is 53.9 Å². The average Bonchev–Trinajstić information content (AvgIpc) is 2.07. The van der Waals surface area contributed by atoms with Crippen molar-refractivity contribution in [2.45, 2.75) is 8.25 Å². The fraction of sp³-hybridized carbons (Fsp3) is 0.250. The highest BCUT2D eigenvalue weighted by Crippen LogP contribution is 2.45. The summed E-state index contributed by atoms with van der Waals surface area (Å²) in [5.41, 5.74) is 0.464. The van der Waals surface area contributed by atoms with Crippen LogP contribution in [0.4, 0.5) is 0 Å². The molecule has 0 aliphatic carbocycles. The summed E-state index contributed by atoms with van der Waals surface area (Å²) in [6.07, 6.45) is -0.908. The van der Waals surface area contributed by atoms with Crippen LogP contribution in [0, 0.1) is 0 Å². The molecule has 1 unspecified atom stereocenters. The summed E-state index contributed by atoms with van der Waals surface area (Å²) in [4.78, 5) is 0. The summed E-state index contributed by atoms with van der Waals surface area (Å²) in [5.74, 6) is -0.483. The lowest BCUT2D eigenvalue weighted by molar-refractivity contribution is 0.193. The molecule has 78 valence electrons. The summed E-state index contributed by atoms with van der Waals surface area (Å²) in [6, 6.07) is 4.11. The van der Waals surface area contributed by atoms with Crippen molar-refractivity contribution in [1.29, 1.82) is 0 Å². The number of aromatic hydroxyl groups is 2. The molecule has 1 rings (SSSR count). The van der Waals surface area contributed by atoms with Gasteiger partial charge in [-0.25, -0.2) is 0 Å². The maximum Gasteiger partial charge on any atom is 0.164 e. The quantitative estimate of drug-likeness (QED) is 0.510. The zero-order valence-electron chi connectivity index (χ0n) is 6.78. The highest BCUT2D eigenvalue weighted by atomic mass is 80.0. The number of alkyl halides is 3. The monoisotopic (exact) mass is 388 g/mol. The molecule has 0 saturated carbocycles. The molecule has 0 amide bonds. The lowest BCUT2D eigenvalue weighted by Gasteiger charge is -2.20. The number of rotatable bonds is 1. The van der Waals surface area contributed by atoms with Gasteiger partial charge < -0.3 is 15.3 Å². The van der Waals surface area contributed by atoms with Gasteiger partial charge in [-0.3, -0.25) is 0 Å². The van der Waals surface area contributed by atoms with Gasteiger partial charge in [-0.2, -0.15) is 0 Å². The molecule has 0 aromatic heterocycles. The summed E-state index contributed by atoms with van der Waals surface area (Å²) < 4.78 is -0.851. The third-order valence-corrected chi connectivity index (χ3v) is 2.93. The first-order chi connectivity index (χ1) is 6.32. The second kappa shape index (κ2) is 4.38. The summed E-state index contributed by atoms with van der Waals surface area (Å²) >= 11 is 9.49. The van der Waals surface area contributed by atoms with Gasteiger partial charge in [0.1, 0.15) is 6.10 Å². The van der Waals surface area contributed by atoms with Crippen molar-refractivity contribution >= 4 is 47.8 Å². The van der Waals surface area contributed by atoms with Crippen LogP contribution in [0.3, 0.4) is 0 Å². The van der Waals surface area contributed by atoms with E-state index in [4.69, 9.17) is 5.11 Å². The van der Waals surface area contributed by atoms with E-state index in [-0.39, 0.29) is 11.5 Å². The maximum atomic E-state index is 9.74. The van der Waals surface area contributed by atoms with Gasteiger partial charge >= 0.3 is 0 Å². The Morgan fingerprint density at radius 3 is 2.07 bits per heavy atom. The van der Waals surface area contributed by atoms with Gasteiger partial charge in [0.25, 0.3) is 0 Å². The lowest BCUT2D eigenvalue weighted by Crippen LogP contribution is -2.14. The Balaban J connectivity index is 3.03. The number of aliphatic hydroxyl groups is 1. The molecule has 0 aliphatic rings. The Kier molecular flexibility index (Phi) is 3.85. The zero-order valence-corrected chi connectivity index (χ0v) is 11.5. The van der Waals surface area contributed by atoms with E-state index in [9.17, 15) is 10.2 Å². The third-order valence-electron chi connectivity index (χ3n) is 1.63. The maximum absolute atomic E-state index is 9.74. The minimum atomic E-state index is -0.908. The highest BCUT2D eigenvalue weighted by Gasteiger charge is 2.30. The van der Waals surface area contributed by atoms with Gasteiger partial charge in [0, 0.05) is 0 Å². The fourth-order valence-corrected chi connectivity index (χ4v) is 1.69. The standard InChI is InChI=1S/C8H7Br3O3/c9-8(10,11)7(14)4-1-2-5(12)6(13)3-4/h1-3,7,12-14H. The molecule has 0 heterocycles. The molecule has 6 heteroatoms. The van der Waals surface area contributed by atoms with Crippen LogP contribution in [0.2, 0.25) is 0 Å². The molecule has 1 atom stereocenters. The molecule has 0 aliphatic heterocycles. The van der Waals surface area contributed by atoms with Gasteiger partial charge in [-0.15, -0.1) is 0 Å². The predicted molar refractivity (Wildman–Crippen MR) is 64.2 cm³/mol. The van der Waals surface area contributed by atoms with Crippen molar-refractivity contribution in [3.05, 3.63) is 23.8 Å². The Hall–Kier alpha value is 0.220. The molecule has 14 heavy (non-hydrogen) atoms. The number of phenols is 2. The molecular weight excluding hydrogens is 384 g/mol. The summed E-state index contributed by atoms with van der Waals surface area (Å²) in [5, 5.41) is 28.0. The number of phenolic OH excluding ortho intramolecular Hbond substituents is 2. The minimum absolute atomic E-state index is 0.217. The molecule has 1 aromatic rings. The van der Waals surface area contributed by atoms with Crippen molar-refractivity contribution in [2.24, 2.45) is 0 Å². The normalized spacial score (nSPS) is 14.0. The van der Waals surface area contributed by atoms with Crippen molar-refractivity contribution in [3.8, 4) is 11.5 Å². The first-order valence-electron chi connectivity index (χ1n) is 3.59. The van der Waals surface area contributed by atoms with Crippen LogP contribution >= 0.6 is 47.8 Å². The molecule has 1 aromatic carbocycles. The topological polar surface area (TPSA) is 60.7 Å². The fourth-order valence-electron chi connectivity index (χ4n) is 0.900. The molecule has 0 saturated heterocycles. The number of hydrogen-bond acceptors (Lipinski definition) is 3. The second-order valence-electron chi connectivity index (χ2n) is 2.69. The van der Waals surface area contributed by atoms with E-state index in [1.807, 2.05) is 0 Å². The first kappa shape index (κ1) is 12.3. The van der Waals surface area contributed by atoms with Crippen LogP contribution in [-0.4, -0.2) is 17.5 Å². The van der Waals surface area contributed by atoms with Crippen LogP contribution in [0.5, 0.6) is 11.5 Å². The van der Waals surface area contributed by atoms with Gasteiger partial charge in [0.05, 0.1) is 0 Å². The first-order valence-corrected chi connectivity index (χ1v) is 5.97. The van der Waals surface area contributed by atoms with Crippen molar-refractivity contribution in [1.82, 2.24) is 0 Å². The van der Waals surface area contributed by atoms with E-state index >= 15 is 0 Å². The molecule has 0 fully saturated rings. The summed E-state index contributed by atoms with van der Waals surface area (Å²) in [6.45, 7) is 0. The minimum Gasteiger partial charge on any atom is -0.504 e. The summed E-state index contributed by atoms with van der Waals surface area (Å²) in [7, 11) is 0. The van der Waals surface area contributed by atoms with Crippen molar-refractivity contribution in [2.75, 3.05) is 0 Å². The van der Waals surface area contributed by atoms with Gasteiger partial charge in [0.2, 0.25) is 0 Å². The molecule has 0 bridgehead atoms. The van der Waals surface area contributed by atoms with Crippen LogP contribution in [0.25, 0.3) is 0 Å². The van der Waals surface area contributed by atoms with Crippen molar-refractivity contribution in [3.63, 3.8) is 0 Å². The van der Waals surface area contributed by atoms with E-state index in [0.717, 1.165) is 0 Å². The SMILES string of the molecule is Oc1ccc(C(O)C(Br)(Br)Br)cc1O. The third kappa shape index (κ3) is 2.85. The Labute approximate surface area is 106 Å². The largest absolute Gasteiger partial charge is 0.504 e. The number of halogens is 3. The molecule has 3 N–H and O–H groups in total. The molecule has 0 spiro atoms. The number of aliphatic hydroxyl groups excluding tert-OH is 1. The second-order valence-corrected chi connectivity index (χ2v) is 9.64. The average molecular weight is 391 g/mol. The van der Waals surface area contributed by atoms with E-state index in [0.29, 0.717) is 5.56 Å².